The number of hydrogen-bond donors (Lipinski definition) is 2. The highest BCUT2D eigenvalue weighted by atomic mass is 32.1. The largest absolute Gasteiger partial charge is 0.347 e. The third-order valence-electron chi connectivity index (χ3n) is 1.97. The molecule has 0 bridgehead atoms. The Morgan fingerprint density at radius 3 is 2.60 bits per heavy atom. The zero-order chi connectivity index (χ0) is 11.0. The minimum absolute atomic E-state index is 0.213. The van der Waals surface area contributed by atoms with Crippen LogP contribution in [-0.4, -0.2) is 14.8 Å². The summed E-state index contributed by atoms with van der Waals surface area (Å²) in [6, 6.07) is 4.32. The summed E-state index contributed by atoms with van der Waals surface area (Å²) >= 11 is 4.90. The predicted octanol–water partition coefficient (Wildman–Crippen LogP) is 1.67. The highest BCUT2D eigenvalue weighted by Gasteiger charge is 2.05. The van der Waals surface area contributed by atoms with E-state index in [0.717, 1.165) is 5.56 Å². The highest BCUT2D eigenvalue weighted by molar-refractivity contribution is 7.71. The van der Waals surface area contributed by atoms with Crippen molar-refractivity contribution in [1.29, 1.82) is 0 Å². The van der Waals surface area contributed by atoms with Crippen LogP contribution in [-0.2, 0) is 0 Å². The Kier molecular flexibility index (Phi) is 2.28. The number of aromatic nitrogens is 3. The van der Waals surface area contributed by atoms with Gasteiger partial charge in [0.05, 0.1) is 5.69 Å². The Bertz CT molecular complexity index is 563. The molecule has 6 heteroatoms. The van der Waals surface area contributed by atoms with Crippen LogP contribution in [0.5, 0.6) is 0 Å². The third kappa shape index (κ3) is 1.75. The number of rotatable bonds is 1. The van der Waals surface area contributed by atoms with Crippen LogP contribution in [0.1, 0.15) is 5.56 Å². The van der Waals surface area contributed by atoms with Crippen molar-refractivity contribution in [3.8, 4) is 5.69 Å². The number of benzene rings is 1. The Hall–Kier alpha value is -1.69. The van der Waals surface area contributed by atoms with Crippen molar-refractivity contribution in [2.24, 2.45) is 0 Å². The maximum Gasteiger partial charge on any atom is 0.347 e. The lowest BCUT2D eigenvalue weighted by atomic mass is 10.2. The Morgan fingerprint density at radius 2 is 2.07 bits per heavy atom. The Morgan fingerprint density at radius 1 is 1.33 bits per heavy atom. The molecule has 0 saturated heterocycles. The van der Waals surface area contributed by atoms with Crippen LogP contribution in [0.3, 0.4) is 0 Å². The summed E-state index contributed by atoms with van der Waals surface area (Å²) in [4.78, 5) is 11.4. The molecule has 1 aromatic heterocycles. The van der Waals surface area contributed by atoms with Crippen LogP contribution in [0.15, 0.2) is 23.0 Å². The van der Waals surface area contributed by atoms with Gasteiger partial charge in [-0.2, -0.15) is 0 Å². The van der Waals surface area contributed by atoms with Crippen molar-refractivity contribution < 1.29 is 4.39 Å². The van der Waals surface area contributed by atoms with Gasteiger partial charge in [0.2, 0.25) is 4.77 Å². The first-order valence-electron chi connectivity index (χ1n) is 4.25. The van der Waals surface area contributed by atoms with Crippen molar-refractivity contribution in [3.63, 3.8) is 0 Å². The van der Waals surface area contributed by atoms with Crippen LogP contribution < -0.4 is 5.69 Å². The molecule has 0 aliphatic carbocycles. The zero-order valence-electron chi connectivity index (χ0n) is 7.87. The molecule has 2 aromatic rings. The summed E-state index contributed by atoms with van der Waals surface area (Å²) < 4.78 is 14.5. The summed E-state index contributed by atoms with van der Waals surface area (Å²) in [5.41, 5.74) is 0.734. The zero-order valence-corrected chi connectivity index (χ0v) is 8.69. The fraction of sp³-hybridized carbons (Fsp3) is 0.111. The van der Waals surface area contributed by atoms with Crippen molar-refractivity contribution in [2.45, 2.75) is 6.92 Å². The van der Waals surface area contributed by atoms with E-state index in [-0.39, 0.29) is 4.77 Å². The van der Waals surface area contributed by atoms with Crippen molar-refractivity contribution in [2.75, 3.05) is 0 Å². The van der Waals surface area contributed by atoms with Gasteiger partial charge in [0.1, 0.15) is 5.82 Å². The molecule has 1 heterocycles. The van der Waals surface area contributed by atoms with E-state index in [1.54, 1.807) is 13.0 Å². The molecule has 0 unspecified atom stereocenters. The molecule has 2 N–H and O–H groups in total. The molecular formula is C9H8FN3OS. The molecule has 0 spiro atoms. The van der Waals surface area contributed by atoms with Gasteiger partial charge in [-0.25, -0.2) is 18.9 Å². The second-order valence-electron chi connectivity index (χ2n) is 3.18. The van der Waals surface area contributed by atoms with E-state index in [2.05, 4.69) is 10.2 Å². The van der Waals surface area contributed by atoms with E-state index in [1.807, 2.05) is 0 Å². The number of aromatic amines is 2. The van der Waals surface area contributed by atoms with E-state index >= 15 is 0 Å². The van der Waals surface area contributed by atoms with E-state index < -0.39 is 11.5 Å². The molecule has 0 amide bonds. The van der Waals surface area contributed by atoms with Crippen molar-refractivity contribution >= 4 is 12.2 Å². The Labute approximate surface area is 89.4 Å². The average molecular weight is 225 g/mol. The third-order valence-corrected chi connectivity index (χ3v) is 2.25. The van der Waals surface area contributed by atoms with E-state index in [0.29, 0.717) is 5.69 Å². The second kappa shape index (κ2) is 3.47. The van der Waals surface area contributed by atoms with Gasteiger partial charge in [-0.15, -0.1) is 0 Å². The number of nitrogens with one attached hydrogen (secondary N) is 2. The normalized spacial score (nSPS) is 10.5. The fourth-order valence-corrected chi connectivity index (χ4v) is 1.63. The van der Waals surface area contributed by atoms with Crippen LogP contribution in [0.4, 0.5) is 4.39 Å². The lowest BCUT2D eigenvalue weighted by Gasteiger charge is -2.02. The summed E-state index contributed by atoms with van der Waals surface area (Å²) in [5, 5.41) is 4.82. The smallest absolute Gasteiger partial charge is 0.272 e. The quantitative estimate of drug-likeness (QED) is 0.725. The minimum atomic E-state index is -0.412. The molecule has 4 nitrogen and oxygen atoms in total. The lowest BCUT2D eigenvalue weighted by Crippen LogP contribution is -2.15. The molecule has 0 aliphatic heterocycles. The van der Waals surface area contributed by atoms with Crippen molar-refractivity contribution in [1.82, 2.24) is 14.8 Å². The summed E-state index contributed by atoms with van der Waals surface area (Å²) in [7, 11) is 0. The van der Waals surface area contributed by atoms with Gasteiger partial charge in [0.25, 0.3) is 0 Å². The van der Waals surface area contributed by atoms with Crippen LogP contribution >= 0.6 is 12.2 Å². The monoisotopic (exact) mass is 225 g/mol. The number of halogens is 1. The second-order valence-corrected chi connectivity index (χ2v) is 3.57. The molecule has 15 heavy (non-hydrogen) atoms. The highest BCUT2D eigenvalue weighted by Crippen LogP contribution is 2.11. The van der Waals surface area contributed by atoms with Gasteiger partial charge in [0, 0.05) is 0 Å². The maximum absolute atomic E-state index is 13.1. The van der Waals surface area contributed by atoms with Gasteiger partial charge < -0.3 is 0 Å². The van der Waals surface area contributed by atoms with Gasteiger partial charge >= 0.3 is 5.69 Å². The Balaban J connectivity index is 2.74. The minimum Gasteiger partial charge on any atom is -0.272 e. The molecule has 0 fully saturated rings. The fourth-order valence-electron chi connectivity index (χ4n) is 1.39. The van der Waals surface area contributed by atoms with Gasteiger partial charge in [0.15, 0.2) is 0 Å². The average Bonchev–Trinajstić information content (AvgIpc) is 2.44. The molecular weight excluding hydrogens is 217 g/mol. The molecule has 2 rings (SSSR count). The van der Waals surface area contributed by atoms with E-state index in [9.17, 15) is 9.18 Å². The van der Waals surface area contributed by atoms with Gasteiger partial charge in [-0.3, -0.25) is 5.10 Å². The first-order valence-corrected chi connectivity index (χ1v) is 4.66. The molecule has 1 aromatic carbocycles. The van der Waals surface area contributed by atoms with Crippen LogP contribution in [0.25, 0.3) is 5.69 Å². The summed E-state index contributed by atoms with van der Waals surface area (Å²) in [5.74, 6) is -0.396. The topological polar surface area (TPSA) is 53.6 Å². The number of hydrogen-bond acceptors (Lipinski definition) is 2. The van der Waals surface area contributed by atoms with E-state index in [1.165, 1.54) is 16.7 Å². The maximum atomic E-state index is 13.1. The van der Waals surface area contributed by atoms with Crippen LogP contribution in [0, 0.1) is 17.5 Å². The predicted molar refractivity (Wildman–Crippen MR) is 56.3 cm³/mol. The SMILES string of the molecule is Cc1cc(F)cc(-n2c(=O)[nH][nH]c2=S)c1. The van der Waals surface area contributed by atoms with Crippen LogP contribution in [0.2, 0.25) is 0 Å². The number of nitrogens with zero attached hydrogens (tertiary/aromatic N) is 1. The van der Waals surface area contributed by atoms with Gasteiger partial charge in [-0.05, 0) is 42.9 Å². The molecule has 0 atom stereocenters. The summed E-state index contributed by atoms with van der Waals surface area (Å²) in [6.45, 7) is 1.75. The van der Waals surface area contributed by atoms with Crippen molar-refractivity contribution in [3.05, 3.63) is 44.8 Å². The molecule has 0 aliphatic rings. The molecule has 0 radical (unpaired) electrons. The first-order chi connectivity index (χ1) is 7.08. The molecule has 78 valence electrons. The lowest BCUT2D eigenvalue weighted by molar-refractivity contribution is 0.625. The standard InChI is InChI=1S/C9H8FN3OS/c1-5-2-6(10)4-7(3-5)13-8(14)11-12-9(13)15/h2-4H,1H3,(H,11,14)(H,12,15). The van der Waals surface area contributed by atoms with E-state index in [4.69, 9.17) is 12.2 Å². The summed E-state index contributed by atoms with van der Waals surface area (Å²) in [6.07, 6.45) is 0. The number of H-pyrrole nitrogens is 2. The first kappa shape index (κ1) is 9.85. The number of aryl methyl sites for hydroxylation is 1. The molecule has 0 saturated carbocycles. The van der Waals surface area contributed by atoms with Gasteiger partial charge in [-0.1, -0.05) is 0 Å².